The summed E-state index contributed by atoms with van der Waals surface area (Å²) in [5, 5.41) is 0. The summed E-state index contributed by atoms with van der Waals surface area (Å²) in [7, 11) is 1.05. The lowest BCUT2D eigenvalue weighted by molar-refractivity contribution is 0.413. The van der Waals surface area contributed by atoms with Gasteiger partial charge in [0.25, 0.3) is 10.2 Å². The Morgan fingerprint density at radius 2 is 2.00 bits per heavy atom. The molecule has 5 nitrogen and oxygen atoms in total. The summed E-state index contributed by atoms with van der Waals surface area (Å²) < 4.78 is 31.4. The maximum Gasteiger partial charge on any atom is 0.279 e. The highest BCUT2D eigenvalue weighted by atomic mass is 32.2. The van der Waals surface area contributed by atoms with Gasteiger partial charge < -0.3 is 4.74 Å². The van der Waals surface area contributed by atoms with Crippen LogP contribution in [0.3, 0.4) is 0 Å². The van der Waals surface area contributed by atoms with Gasteiger partial charge in [0.2, 0.25) is 0 Å². The van der Waals surface area contributed by atoms with Crippen molar-refractivity contribution in [3.63, 3.8) is 0 Å². The van der Waals surface area contributed by atoms with Crippen molar-refractivity contribution in [2.75, 3.05) is 27.7 Å². The Bertz CT molecular complexity index is 556. The molecule has 0 bridgehead atoms. The van der Waals surface area contributed by atoms with Crippen LogP contribution in [0.25, 0.3) is 0 Å². The van der Waals surface area contributed by atoms with Crippen molar-refractivity contribution in [1.29, 1.82) is 0 Å². The number of nitrogens with one attached hydrogen (secondary N) is 1. The summed E-state index contributed by atoms with van der Waals surface area (Å²) in [5.74, 6) is 6.26. The summed E-state index contributed by atoms with van der Waals surface area (Å²) >= 11 is 0. The van der Waals surface area contributed by atoms with Crippen LogP contribution >= 0.6 is 0 Å². The number of benzene rings is 1. The van der Waals surface area contributed by atoms with Gasteiger partial charge in [-0.1, -0.05) is 24.0 Å². The summed E-state index contributed by atoms with van der Waals surface area (Å²) in [6.45, 7) is 0.0541. The first-order valence-electron chi connectivity index (χ1n) is 5.26. The molecule has 0 saturated heterocycles. The number of rotatable bonds is 4. The zero-order valence-electron chi connectivity index (χ0n) is 10.6. The SMILES string of the molecule is COc1ccccc1C#CCNS(=O)(=O)N(C)C. The summed E-state index contributed by atoms with van der Waals surface area (Å²) in [5.41, 5.74) is 0.726. The van der Waals surface area contributed by atoms with Crippen molar-refractivity contribution in [3.05, 3.63) is 29.8 Å². The maximum atomic E-state index is 11.4. The van der Waals surface area contributed by atoms with E-state index in [4.69, 9.17) is 4.74 Å². The van der Waals surface area contributed by atoms with Crippen molar-refractivity contribution in [2.45, 2.75) is 0 Å². The van der Waals surface area contributed by atoms with Crippen molar-refractivity contribution < 1.29 is 13.2 Å². The minimum atomic E-state index is -3.42. The molecule has 1 rings (SSSR count). The predicted molar refractivity (Wildman–Crippen MR) is 70.5 cm³/mol. The van der Waals surface area contributed by atoms with E-state index in [1.165, 1.54) is 14.1 Å². The first-order chi connectivity index (χ1) is 8.47. The van der Waals surface area contributed by atoms with E-state index in [0.717, 1.165) is 9.87 Å². The molecule has 0 amide bonds. The second-order valence-corrected chi connectivity index (χ2v) is 5.58. The summed E-state index contributed by atoms with van der Waals surface area (Å²) in [6, 6.07) is 7.30. The third-order valence-corrected chi connectivity index (χ3v) is 3.62. The molecule has 0 aliphatic heterocycles. The van der Waals surface area contributed by atoms with Gasteiger partial charge in [-0.05, 0) is 12.1 Å². The van der Waals surface area contributed by atoms with Gasteiger partial charge in [-0.3, -0.25) is 0 Å². The van der Waals surface area contributed by atoms with Crippen molar-refractivity contribution in [3.8, 4) is 17.6 Å². The predicted octanol–water partition coefficient (Wildman–Crippen LogP) is 0.443. The molecule has 0 radical (unpaired) electrons. The average Bonchev–Trinajstić information content (AvgIpc) is 2.35. The number of hydrogen-bond acceptors (Lipinski definition) is 3. The lowest BCUT2D eigenvalue weighted by atomic mass is 10.2. The molecule has 18 heavy (non-hydrogen) atoms. The van der Waals surface area contributed by atoms with Crippen LogP contribution in [-0.4, -0.2) is 40.5 Å². The minimum absolute atomic E-state index is 0.0541. The van der Waals surface area contributed by atoms with Gasteiger partial charge in [0, 0.05) is 14.1 Å². The molecule has 0 atom stereocenters. The van der Waals surface area contributed by atoms with E-state index < -0.39 is 10.2 Å². The highest BCUT2D eigenvalue weighted by Gasteiger charge is 2.10. The maximum absolute atomic E-state index is 11.4. The van der Waals surface area contributed by atoms with Crippen LogP contribution < -0.4 is 9.46 Å². The van der Waals surface area contributed by atoms with Crippen LogP contribution in [0, 0.1) is 11.8 Å². The van der Waals surface area contributed by atoms with E-state index in [-0.39, 0.29) is 6.54 Å². The molecule has 0 aliphatic rings. The normalized spacial score (nSPS) is 10.9. The van der Waals surface area contributed by atoms with Crippen LogP contribution in [0.5, 0.6) is 5.75 Å². The second-order valence-electron chi connectivity index (χ2n) is 3.61. The molecule has 1 N–H and O–H groups in total. The monoisotopic (exact) mass is 268 g/mol. The average molecular weight is 268 g/mol. The zero-order valence-corrected chi connectivity index (χ0v) is 11.4. The van der Waals surface area contributed by atoms with E-state index in [1.54, 1.807) is 13.2 Å². The van der Waals surface area contributed by atoms with Crippen molar-refractivity contribution >= 4 is 10.2 Å². The van der Waals surface area contributed by atoms with Gasteiger partial charge in [0.05, 0.1) is 19.2 Å². The molecular weight excluding hydrogens is 252 g/mol. The molecular formula is C12H16N2O3S. The molecule has 0 spiro atoms. The first-order valence-corrected chi connectivity index (χ1v) is 6.70. The van der Waals surface area contributed by atoms with Crippen molar-refractivity contribution in [1.82, 2.24) is 9.03 Å². The fraction of sp³-hybridized carbons (Fsp3) is 0.333. The fourth-order valence-electron chi connectivity index (χ4n) is 1.14. The van der Waals surface area contributed by atoms with Crippen LogP contribution in [0.2, 0.25) is 0 Å². The number of hydrogen-bond donors (Lipinski definition) is 1. The summed E-state index contributed by atoms with van der Waals surface area (Å²) in [4.78, 5) is 0. The third kappa shape index (κ3) is 4.04. The lowest BCUT2D eigenvalue weighted by Crippen LogP contribution is -2.35. The molecule has 98 valence electrons. The van der Waals surface area contributed by atoms with E-state index in [9.17, 15) is 8.42 Å². The third-order valence-electron chi connectivity index (χ3n) is 2.15. The van der Waals surface area contributed by atoms with Crippen LogP contribution in [0.4, 0.5) is 0 Å². The molecule has 0 aromatic heterocycles. The highest BCUT2D eigenvalue weighted by molar-refractivity contribution is 7.87. The Balaban J connectivity index is 2.68. The topological polar surface area (TPSA) is 58.6 Å². The quantitative estimate of drug-likeness (QED) is 0.806. The van der Waals surface area contributed by atoms with Crippen LogP contribution in [0.15, 0.2) is 24.3 Å². The molecule has 6 heteroatoms. The molecule has 0 unspecified atom stereocenters. The number of methoxy groups -OCH3 is 1. The van der Waals surface area contributed by atoms with Crippen LogP contribution in [-0.2, 0) is 10.2 Å². The molecule has 1 aromatic rings. The van der Waals surface area contributed by atoms with Gasteiger partial charge >= 0.3 is 0 Å². The van der Waals surface area contributed by atoms with Crippen LogP contribution in [0.1, 0.15) is 5.56 Å². The largest absolute Gasteiger partial charge is 0.495 e. The van der Waals surface area contributed by atoms with E-state index in [0.29, 0.717) is 5.75 Å². The van der Waals surface area contributed by atoms with Gasteiger partial charge in [0.1, 0.15) is 5.75 Å². The van der Waals surface area contributed by atoms with E-state index in [2.05, 4.69) is 16.6 Å². The Kier molecular flexibility index (Phi) is 5.16. The molecule has 0 aliphatic carbocycles. The van der Waals surface area contributed by atoms with Crippen molar-refractivity contribution in [2.24, 2.45) is 0 Å². The number of para-hydroxylation sites is 1. The van der Waals surface area contributed by atoms with E-state index in [1.807, 2.05) is 18.2 Å². The smallest absolute Gasteiger partial charge is 0.279 e. The Hall–Kier alpha value is -1.55. The summed E-state index contributed by atoms with van der Waals surface area (Å²) in [6.07, 6.45) is 0. The first kappa shape index (κ1) is 14.5. The fourth-order valence-corrected chi connectivity index (χ4v) is 1.66. The molecule has 0 saturated carbocycles. The number of nitrogens with zero attached hydrogens (tertiary/aromatic N) is 1. The Morgan fingerprint density at radius 1 is 1.33 bits per heavy atom. The van der Waals surface area contributed by atoms with Gasteiger partial charge in [0.15, 0.2) is 0 Å². The molecule has 0 fully saturated rings. The lowest BCUT2D eigenvalue weighted by Gasteiger charge is -2.09. The van der Waals surface area contributed by atoms with E-state index >= 15 is 0 Å². The minimum Gasteiger partial charge on any atom is -0.495 e. The second kappa shape index (κ2) is 6.40. The van der Waals surface area contributed by atoms with Gasteiger partial charge in [-0.2, -0.15) is 17.4 Å². The molecule has 1 aromatic carbocycles. The highest BCUT2D eigenvalue weighted by Crippen LogP contribution is 2.15. The van der Waals surface area contributed by atoms with Gasteiger partial charge in [-0.25, -0.2) is 0 Å². The van der Waals surface area contributed by atoms with Gasteiger partial charge in [-0.15, -0.1) is 0 Å². The Morgan fingerprint density at radius 3 is 2.61 bits per heavy atom. The zero-order chi connectivity index (χ0) is 13.6. The number of ether oxygens (including phenoxy) is 1. The Labute approximate surface area is 108 Å². The molecule has 0 heterocycles. The standard InChI is InChI=1S/C12H16N2O3S/c1-14(2)18(15,16)13-10-6-8-11-7-4-5-9-12(11)17-3/h4-5,7,9,13H,10H2,1-3H3.